The van der Waals surface area contributed by atoms with Gasteiger partial charge in [-0.05, 0) is 36.8 Å². The van der Waals surface area contributed by atoms with E-state index in [0.717, 1.165) is 33.7 Å². The van der Waals surface area contributed by atoms with Gasteiger partial charge in [0.05, 0.1) is 18.1 Å². The molecule has 0 bridgehead atoms. The van der Waals surface area contributed by atoms with Crippen LogP contribution in [0.25, 0.3) is 22.9 Å². The summed E-state index contributed by atoms with van der Waals surface area (Å²) in [7, 11) is 0. The third-order valence-electron chi connectivity index (χ3n) is 5.23. The highest BCUT2D eigenvalue weighted by atomic mass is 16.3. The zero-order valence-electron chi connectivity index (χ0n) is 18.4. The number of nitrogens with one attached hydrogen (secondary N) is 2. The second-order valence-corrected chi connectivity index (χ2v) is 7.12. The van der Waals surface area contributed by atoms with Gasteiger partial charge in [-0.15, -0.1) is 0 Å². The molecule has 7 heteroatoms. The van der Waals surface area contributed by atoms with Gasteiger partial charge in [0.15, 0.2) is 11.5 Å². The molecule has 162 valence electrons. The highest BCUT2D eigenvalue weighted by Gasteiger charge is 2.29. The summed E-state index contributed by atoms with van der Waals surface area (Å²) < 4.78 is 0. The Morgan fingerprint density at radius 1 is 1.03 bits per heavy atom. The predicted molar refractivity (Wildman–Crippen MR) is 130 cm³/mol. The van der Waals surface area contributed by atoms with E-state index in [2.05, 4.69) is 49.7 Å². The molecule has 2 aromatic carbocycles. The summed E-state index contributed by atoms with van der Waals surface area (Å²) in [5, 5.41) is 14.0. The van der Waals surface area contributed by atoms with E-state index in [1.807, 2.05) is 56.3 Å². The number of aromatic nitrogens is 4. The van der Waals surface area contributed by atoms with Gasteiger partial charge in [0, 0.05) is 16.9 Å². The van der Waals surface area contributed by atoms with Crippen molar-refractivity contribution in [1.29, 1.82) is 0 Å². The average molecular weight is 427 g/mol. The maximum atomic E-state index is 10.5. The van der Waals surface area contributed by atoms with Crippen LogP contribution in [0.15, 0.2) is 73.5 Å². The molecule has 0 radical (unpaired) electrons. The lowest BCUT2D eigenvalue weighted by Gasteiger charge is -2.37. The lowest BCUT2D eigenvalue weighted by atomic mass is 9.94. The van der Waals surface area contributed by atoms with Crippen molar-refractivity contribution in [2.45, 2.75) is 26.8 Å². The van der Waals surface area contributed by atoms with Crippen LogP contribution in [0, 0.1) is 0 Å². The minimum absolute atomic E-state index is 0.126. The number of phenols is 1. The van der Waals surface area contributed by atoms with E-state index < -0.39 is 0 Å². The Bertz CT molecular complexity index is 1280. The van der Waals surface area contributed by atoms with Gasteiger partial charge in [0.25, 0.3) is 0 Å². The van der Waals surface area contributed by atoms with Crippen LogP contribution >= 0.6 is 0 Å². The van der Waals surface area contributed by atoms with E-state index >= 15 is 0 Å². The Morgan fingerprint density at radius 2 is 1.81 bits per heavy atom. The molecule has 0 unspecified atom stereocenters. The lowest BCUT2D eigenvalue weighted by molar-refractivity contribution is 0.473. The molecule has 5 rings (SSSR count). The van der Waals surface area contributed by atoms with Crippen molar-refractivity contribution >= 4 is 34.4 Å². The van der Waals surface area contributed by atoms with Gasteiger partial charge in [0.1, 0.15) is 17.6 Å². The topological polar surface area (TPSA) is 90.0 Å². The van der Waals surface area contributed by atoms with E-state index in [1.165, 1.54) is 6.33 Å². The minimum Gasteiger partial charge on any atom is -0.507 e. The van der Waals surface area contributed by atoms with Crippen LogP contribution in [0.4, 0.5) is 11.5 Å². The number of phenolic OH excluding ortho intramolecular Hbond substituents is 1. The quantitative estimate of drug-likeness (QED) is 0.404. The molecule has 3 N–H and O–H groups in total. The van der Waals surface area contributed by atoms with Gasteiger partial charge in [0.2, 0.25) is 0 Å². The van der Waals surface area contributed by atoms with E-state index in [0.29, 0.717) is 11.5 Å². The van der Waals surface area contributed by atoms with E-state index in [4.69, 9.17) is 0 Å². The number of aromatic amines is 1. The van der Waals surface area contributed by atoms with E-state index in [-0.39, 0.29) is 11.8 Å². The van der Waals surface area contributed by atoms with Crippen LogP contribution in [0.5, 0.6) is 5.75 Å². The molecule has 0 saturated carbocycles. The first-order chi connectivity index (χ1) is 15.6. The molecule has 0 fully saturated rings. The van der Waals surface area contributed by atoms with Crippen molar-refractivity contribution < 1.29 is 5.11 Å². The number of hydrogen-bond acceptors (Lipinski definition) is 6. The van der Waals surface area contributed by atoms with Crippen LogP contribution in [-0.4, -0.2) is 31.1 Å². The van der Waals surface area contributed by atoms with E-state index in [1.54, 1.807) is 12.4 Å². The number of aromatic hydroxyl groups is 1. The molecule has 3 heterocycles. The second kappa shape index (κ2) is 8.93. The zero-order chi connectivity index (χ0) is 22.7. The van der Waals surface area contributed by atoms with Crippen LogP contribution in [0.1, 0.15) is 31.9 Å². The monoisotopic (exact) mass is 426 g/mol. The van der Waals surface area contributed by atoms with Crippen LogP contribution < -0.4 is 10.2 Å². The Hall–Kier alpha value is -4.13. The summed E-state index contributed by atoms with van der Waals surface area (Å²) >= 11 is 0. The minimum atomic E-state index is -0.126. The normalized spacial score (nSPS) is 13.7. The largest absolute Gasteiger partial charge is 0.507 e. The first-order valence-corrected chi connectivity index (χ1v) is 10.6. The first kappa shape index (κ1) is 21.1. The van der Waals surface area contributed by atoms with Gasteiger partial charge in [-0.3, -0.25) is 0 Å². The van der Waals surface area contributed by atoms with Crippen LogP contribution in [0.3, 0.4) is 0 Å². The fourth-order valence-electron chi connectivity index (χ4n) is 3.84. The molecule has 32 heavy (non-hydrogen) atoms. The molecular formula is C25H26N6O. The van der Waals surface area contributed by atoms with Crippen molar-refractivity contribution in [3.8, 4) is 5.75 Å². The number of anilines is 2. The van der Waals surface area contributed by atoms with Crippen molar-refractivity contribution in [2.75, 3.05) is 10.2 Å². The molecule has 1 aliphatic rings. The summed E-state index contributed by atoms with van der Waals surface area (Å²) in [5.74, 6) is 0.885. The second-order valence-electron chi connectivity index (χ2n) is 7.12. The SMILES string of the molecule is C=C1c2c(O)cccc2C=C([C@H](C)Nc2ncnc3nc[nH]c23)N1c1ccccc1.CC. The Morgan fingerprint density at radius 3 is 2.59 bits per heavy atom. The Balaban J connectivity index is 0.00000119. The fraction of sp³-hybridized carbons (Fsp3) is 0.160. The average Bonchev–Trinajstić information content (AvgIpc) is 3.31. The predicted octanol–water partition coefficient (Wildman–Crippen LogP) is 5.42. The number of fused-ring (bicyclic) bond motifs is 2. The maximum Gasteiger partial charge on any atom is 0.182 e. The zero-order valence-corrected chi connectivity index (χ0v) is 18.4. The number of para-hydroxylation sites is 1. The van der Waals surface area contributed by atoms with Gasteiger partial charge >= 0.3 is 0 Å². The van der Waals surface area contributed by atoms with Gasteiger partial charge in [-0.1, -0.05) is 50.8 Å². The lowest BCUT2D eigenvalue weighted by Crippen LogP contribution is -2.33. The highest BCUT2D eigenvalue weighted by Crippen LogP contribution is 2.41. The highest BCUT2D eigenvalue weighted by molar-refractivity contribution is 5.94. The van der Waals surface area contributed by atoms with Gasteiger partial charge < -0.3 is 20.3 Å². The molecule has 4 aromatic rings. The van der Waals surface area contributed by atoms with Crippen molar-refractivity contribution in [1.82, 2.24) is 19.9 Å². The molecule has 0 amide bonds. The number of hydrogen-bond donors (Lipinski definition) is 3. The van der Waals surface area contributed by atoms with Gasteiger partial charge in [-0.25, -0.2) is 15.0 Å². The number of imidazole rings is 1. The van der Waals surface area contributed by atoms with Crippen LogP contribution in [0.2, 0.25) is 0 Å². The van der Waals surface area contributed by atoms with E-state index in [9.17, 15) is 5.11 Å². The molecular weight excluding hydrogens is 400 g/mol. The molecule has 7 nitrogen and oxygen atoms in total. The fourth-order valence-corrected chi connectivity index (χ4v) is 3.84. The summed E-state index contributed by atoms with van der Waals surface area (Å²) in [6.07, 6.45) is 5.17. The molecule has 1 aliphatic heterocycles. The third-order valence-corrected chi connectivity index (χ3v) is 5.23. The Kier molecular flexibility index (Phi) is 5.89. The summed E-state index contributed by atoms with van der Waals surface area (Å²) in [6.45, 7) is 10.4. The summed E-state index contributed by atoms with van der Waals surface area (Å²) in [6, 6.07) is 15.4. The number of rotatable bonds is 4. The number of H-pyrrole nitrogens is 1. The van der Waals surface area contributed by atoms with Crippen molar-refractivity contribution in [2.24, 2.45) is 0 Å². The first-order valence-electron chi connectivity index (χ1n) is 10.6. The maximum absolute atomic E-state index is 10.5. The number of nitrogens with zero attached hydrogens (tertiary/aromatic N) is 4. The molecule has 1 atom stereocenters. The molecule has 0 saturated heterocycles. The van der Waals surface area contributed by atoms with Crippen molar-refractivity contribution in [3.63, 3.8) is 0 Å². The van der Waals surface area contributed by atoms with Gasteiger partial charge in [-0.2, -0.15) is 0 Å². The smallest absolute Gasteiger partial charge is 0.182 e. The van der Waals surface area contributed by atoms with Crippen LogP contribution in [-0.2, 0) is 0 Å². The third kappa shape index (κ3) is 3.69. The molecule has 0 aliphatic carbocycles. The standard InChI is InChI=1S/C23H20N6O.C2H6/c1-14(28-23-21-22(25-12-24-21)26-13-27-23)18-11-16-7-6-10-19(30)20(16)15(2)29(18)17-8-4-3-5-9-17;1-2/h3-14,30H,2H2,1H3,(H2,24,25,26,27,28);1-2H3/t14-;/m0./s1. The number of benzene rings is 2. The van der Waals surface area contributed by atoms with Crippen molar-refractivity contribution in [3.05, 3.63) is 84.6 Å². The molecule has 2 aromatic heterocycles. The summed E-state index contributed by atoms with van der Waals surface area (Å²) in [5.41, 5.74) is 5.68. The summed E-state index contributed by atoms with van der Waals surface area (Å²) in [4.78, 5) is 17.9. The molecule has 0 spiro atoms. The Labute approximate surface area is 187 Å².